The number of anilines is 1. The zero-order valence-corrected chi connectivity index (χ0v) is 23.3. The summed E-state index contributed by atoms with van der Waals surface area (Å²) in [7, 11) is 1.62. The Morgan fingerprint density at radius 3 is 2.54 bits per heavy atom. The molecular weight excluding hydrogens is 553 g/mol. The van der Waals surface area contributed by atoms with E-state index in [1.165, 1.54) is 34.9 Å². The highest BCUT2D eigenvalue weighted by Gasteiger charge is 2.12. The maximum atomic E-state index is 12.5. The SMILES string of the molecule is COc1ccc(CNC(=O)CSc2nc3ccc(NC(=O)CSc4n[nH]c(-c5ccccc5)n4)cc3s2)cc1. The quantitative estimate of drug-likeness (QED) is 0.183. The molecule has 0 unspecified atom stereocenters. The number of hydrogen-bond acceptors (Lipinski definition) is 9. The van der Waals surface area contributed by atoms with Crippen molar-refractivity contribution in [2.75, 3.05) is 23.9 Å². The fourth-order valence-electron chi connectivity index (χ4n) is 3.53. The summed E-state index contributed by atoms with van der Waals surface area (Å²) in [5.74, 6) is 1.67. The highest BCUT2D eigenvalue weighted by molar-refractivity contribution is 8.01. The standard InChI is InChI=1S/C27H24N6O3S3/c1-36-20-10-7-17(8-11-20)14-28-23(34)15-38-27-30-21-12-9-19(13-22(21)39-27)29-24(35)16-37-26-31-25(32-33-26)18-5-3-2-4-6-18/h2-13H,14-16H2,1H3,(H,28,34)(H,29,35)(H,31,32,33). The Kier molecular flexibility index (Phi) is 8.76. The summed E-state index contributed by atoms with van der Waals surface area (Å²) in [4.78, 5) is 33.9. The predicted molar refractivity (Wildman–Crippen MR) is 156 cm³/mol. The lowest BCUT2D eigenvalue weighted by atomic mass is 10.2. The van der Waals surface area contributed by atoms with Gasteiger partial charge in [0.1, 0.15) is 5.75 Å². The van der Waals surface area contributed by atoms with Gasteiger partial charge in [0.25, 0.3) is 0 Å². The van der Waals surface area contributed by atoms with E-state index in [9.17, 15) is 9.59 Å². The molecule has 12 heteroatoms. The number of nitrogens with one attached hydrogen (secondary N) is 3. The monoisotopic (exact) mass is 576 g/mol. The number of thiazole rings is 1. The fourth-order valence-corrected chi connectivity index (χ4v) is 6.06. The van der Waals surface area contributed by atoms with Crippen molar-refractivity contribution >= 4 is 62.6 Å². The Balaban J connectivity index is 1.09. The molecule has 5 aromatic rings. The van der Waals surface area contributed by atoms with Crippen molar-refractivity contribution in [2.45, 2.75) is 16.0 Å². The largest absolute Gasteiger partial charge is 0.497 e. The van der Waals surface area contributed by atoms with Crippen LogP contribution in [0.4, 0.5) is 5.69 Å². The molecule has 0 radical (unpaired) electrons. The number of amides is 2. The molecular formula is C27H24N6O3S3. The number of methoxy groups -OCH3 is 1. The van der Waals surface area contributed by atoms with Crippen LogP contribution in [-0.2, 0) is 16.1 Å². The second-order valence-electron chi connectivity index (χ2n) is 8.25. The van der Waals surface area contributed by atoms with Crippen LogP contribution in [0.2, 0.25) is 0 Å². The Morgan fingerprint density at radius 1 is 0.949 bits per heavy atom. The third-order valence-corrected chi connectivity index (χ3v) is 8.48. The first kappa shape index (κ1) is 26.7. The van der Waals surface area contributed by atoms with Crippen molar-refractivity contribution in [1.82, 2.24) is 25.5 Å². The Bertz CT molecular complexity index is 1570. The molecule has 39 heavy (non-hydrogen) atoms. The van der Waals surface area contributed by atoms with Crippen LogP contribution >= 0.6 is 34.9 Å². The number of fused-ring (bicyclic) bond motifs is 1. The maximum Gasteiger partial charge on any atom is 0.234 e. The minimum Gasteiger partial charge on any atom is -0.497 e. The summed E-state index contributed by atoms with van der Waals surface area (Å²) in [5, 5.41) is 13.4. The zero-order valence-electron chi connectivity index (χ0n) is 20.8. The molecule has 0 aliphatic rings. The van der Waals surface area contributed by atoms with E-state index in [0.29, 0.717) is 23.2 Å². The lowest BCUT2D eigenvalue weighted by Crippen LogP contribution is -2.24. The summed E-state index contributed by atoms with van der Waals surface area (Å²) in [5.41, 5.74) is 3.44. The molecule has 0 saturated carbocycles. The van der Waals surface area contributed by atoms with E-state index in [4.69, 9.17) is 4.74 Å². The molecule has 0 atom stereocenters. The van der Waals surface area contributed by atoms with Gasteiger partial charge < -0.3 is 15.4 Å². The molecule has 3 N–H and O–H groups in total. The van der Waals surface area contributed by atoms with Crippen molar-refractivity contribution in [2.24, 2.45) is 0 Å². The number of rotatable bonds is 11. The summed E-state index contributed by atoms with van der Waals surface area (Å²) in [6.45, 7) is 0.453. The molecule has 0 bridgehead atoms. The zero-order chi connectivity index (χ0) is 27.0. The van der Waals surface area contributed by atoms with E-state index in [0.717, 1.165) is 31.4 Å². The van der Waals surface area contributed by atoms with Gasteiger partial charge >= 0.3 is 0 Å². The summed E-state index contributed by atoms with van der Waals surface area (Å²) >= 11 is 4.14. The molecule has 0 saturated heterocycles. The first-order valence-corrected chi connectivity index (χ1v) is 14.7. The highest BCUT2D eigenvalue weighted by atomic mass is 32.2. The van der Waals surface area contributed by atoms with Crippen molar-refractivity contribution in [1.29, 1.82) is 0 Å². The van der Waals surface area contributed by atoms with Crippen LogP contribution in [0.15, 0.2) is 82.3 Å². The number of carbonyl (C=O) groups excluding carboxylic acids is 2. The number of aromatic amines is 1. The van der Waals surface area contributed by atoms with E-state index in [-0.39, 0.29) is 23.3 Å². The number of H-pyrrole nitrogens is 1. The molecule has 0 aliphatic carbocycles. The second kappa shape index (κ2) is 12.8. The van der Waals surface area contributed by atoms with Crippen molar-refractivity contribution in [3.05, 3.63) is 78.4 Å². The number of thioether (sulfide) groups is 2. The molecule has 0 aliphatic heterocycles. The number of carbonyl (C=O) groups is 2. The molecule has 0 spiro atoms. The highest BCUT2D eigenvalue weighted by Crippen LogP contribution is 2.31. The molecule has 3 aromatic carbocycles. The molecule has 2 amide bonds. The fraction of sp³-hybridized carbons (Fsp3) is 0.148. The van der Waals surface area contributed by atoms with Gasteiger partial charge in [0.05, 0.1) is 28.8 Å². The van der Waals surface area contributed by atoms with E-state index < -0.39 is 0 Å². The van der Waals surface area contributed by atoms with E-state index in [1.54, 1.807) is 7.11 Å². The van der Waals surface area contributed by atoms with E-state index >= 15 is 0 Å². The van der Waals surface area contributed by atoms with Crippen molar-refractivity contribution < 1.29 is 14.3 Å². The van der Waals surface area contributed by atoms with E-state index in [2.05, 4.69) is 30.8 Å². The molecule has 0 fully saturated rings. The molecule has 5 rings (SSSR count). The molecule has 2 heterocycles. The third kappa shape index (κ3) is 7.37. The van der Waals surface area contributed by atoms with Crippen LogP contribution in [0, 0.1) is 0 Å². The minimum atomic E-state index is -0.155. The van der Waals surface area contributed by atoms with Crippen LogP contribution in [-0.4, -0.2) is 50.6 Å². The Hall–Kier alpha value is -3.87. The smallest absolute Gasteiger partial charge is 0.234 e. The van der Waals surface area contributed by atoms with Gasteiger partial charge in [-0.25, -0.2) is 9.97 Å². The van der Waals surface area contributed by atoms with E-state index in [1.807, 2.05) is 72.8 Å². The van der Waals surface area contributed by atoms with Crippen LogP contribution in [0.5, 0.6) is 5.75 Å². The van der Waals surface area contributed by atoms with Crippen molar-refractivity contribution in [3.8, 4) is 17.1 Å². The van der Waals surface area contributed by atoms with Gasteiger partial charge in [0.15, 0.2) is 10.2 Å². The second-order valence-corrected chi connectivity index (χ2v) is 11.4. The normalized spacial score (nSPS) is 10.9. The molecule has 198 valence electrons. The maximum absolute atomic E-state index is 12.5. The van der Waals surface area contributed by atoms with Crippen molar-refractivity contribution in [3.63, 3.8) is 0 Å². The number of aromatic nitrogens is 4. The summed E-state index contributed by atoms with van der Waals surface area (Å²) in [6.07, 6.45) is 0. The van der Waals surface area contributed by atoms with Crippen LogP contribution in [0.1, 0.15) is 5.56 Å². The summed E-state index contributed by atoms with van der Waals surface area (Å²) < 4.78 is 6.88. The first-order chi connectivity index (χ1) is 19.1. The van der Waals surface area contributed by atoms with Gasteiger partial charge in [-0.05, 0) is 35.9 Å². The number of benzene rings is 3. The average molecular weight is 577 g/mol. The lowest BCUT2D eigenvalue weighted by molar-refractivity contribution is -0.118. The minimum absolute atomic E-state index is 0.0668. The number of ether oxygens (including phenoxy) is 1. The Morgan fingerprint density at radius 2 is 1.74 bits per heavy atom. The topological polar surface area (TPSA) is 122 Å². The van der Waals surface area contributed by atoms with Gasteiger partial charge in [-0.3, -0.25) is 14.7 Å². The van der Waals surface area contributed by atoms with Gasteiger partial charge in [-0.15, -0.1) is 16.4 Å². The van der Waals surface area contributed by atoms with Gasteiger partial charge in [0.2, 0.25) is 17.0 Å². The van der Waals surface area contributed by atoms with Gasteiger partial charge in [0, 0.05) is 17.8 Å². The third-order valence-electron chi connectivity index (χ3n) is 5.47. The Labute approximate surface area is 237 Å². The molecule has 9 nitrogen and oxygen atoms in total. The van der Waals surface area contributed by atoms with Crippen LogP contribution < -0.4 is 15.4 Å². The van der Waals surface area contributed by atoms with Gasteiger partial charge in [-0.1, -0.05) is 66.0 Å². The van der Waals surface area contributed by atoms with Crippen LogP contribution in [0.3, 0.4) is 0 Å². The number of nitrogens with zero attached hydrogens (tertiary/aromatic N) is 3. The molecule has 2 aromatic heterocycles. The van der Waals surface area contributed by atoms with Gasteiger partial charge in [-0.2, -0.15) is 0 Å². The number of hydrogen-bond donors (Lipinski definition) is 3. The lowest BCUT2D eigenvalue weighted by Gasteiger charge is -2.05. The first-order valence-electron chi connectivity index (χ1n) is 11.9. The average Bonchev–Trinajstić information content (AvgIpc) is 3.61. The predicted octanol–water partition coefficient (Wildman–Crippen LogP) is 5.23. The van der Waals surface area contributed by atoms with Crippen LogP contribution in [0.25, 0.3) is 21.6 Å². The summed E-state index contributed by atoms with van der Waals surface area (Å²) in [6, 6.07) is 22.8.